The van der Waals surface area contributed by atoms with E-state index in [9.17, 15) is 13.2 Å². The van der Waals surface area contributed by atoms with E-state index in [1.165, 1.54) is 0 Å². The number of amides is 1. The molecular weight excluding hydrogens is 330 g/mol. The summed E-state index contributed by atoms with van der Waals surface area (Å²) in [6, 6.07) is 0.252. The van der Waals surface area contributed by atoms with E-state index in [2.05, 4.69) is 15.9 Å². The molecule has 1 heterocycles. The highest BCUT2D eigenvalue weighted by Crippen LogP contribution is 2.27. The first-order valence-electron chi connectivity index (χ1n) is 7.14. The van der Waals surface area contributed by atoms with Gasteiger partial charge in [0.05, 0.1) is 5.75 Å². The zero-order valence-corrected chi connectivity index (χ0v) is 13.6. The van der Waals surface area contributed by atoms with Crippen LogP contribution in [-0.4, -0.2) is 48.1 Å². The third kappa shape index (κ3) is 3.51. The predicted octanol–water partition coefficient (Wildman–Crippen LogP) is 2.12. The quantitative estimate of drug-likeness (QED) is 0.729. The number of rotatable bonds is 4. The molecule has 0 radical (unpaired) electrons. The predicted molar refractivity (Wildman–Crippen MR) is 79.2 cm³/mol. The molecule has 1 aliphatic carbocycles. The van der Waals surface area contributed by atoms with Crippen molar-refractivity contribution in [1.82, 2.24) is 4.90 Å². The highest BCUT2D eigenvalue weighted by atomic mass is 79.9. The molecule has 0 aromatic rings. The summed E-state index contributed by atoms with van der Waals surface area (Å²) in [5.74, 6) is 0.0296. The molecule has 110 valence electrons. The third-order valence-corrected chi connectivity index (χ3v) is 6.74. The number of hydrogen-bond acceptors (Lipinski definition) is 3. The standard InChI is InChI=1S/C13H22BrNO3S/c14-8-9-15(11-5-1-2-6-11)13(16)12-7-3-4-10-19(12,17)18/h11-12H,1-10H2. The van der Waals surface area contributed by atoms with E-state index in [4.69, 9.17) is 0 Å². The van der Waals surface area contributed by atoms with Gasteiger partial charge in [-0.3, -0.25) is 4.79 Å². The molecule has 2 rings (SSSR count). The number of halogens is 1. The zero-order valence-electron chi connectivity index (χ0n) is 11.2. The van der Waals surface area contributed by atoms with Crippen molar-refractivity contribution in [3.63, 3.8) is 0 Å². The highest BCUT2D eigenvalue weighted by Gasteiger charge is 2.39. The molecule has 2 aliphatic rings. The van der Waals surface area contributed by atoms with Crippen LogP contribution in [0.2, 0.25) is 0 Å². The average Bonchev–Trinajstić information content (AvgIpc) is 2.88. The summed E-state index contributed by atoms with van der Waals surface area (Å²) < 4.78 is 24.2. The minimum absolute atomic E-state index is 0.147. The van der Waals surface area contributed by atoms with Gasteiger partial charge in [-0.05, 0) is 25.7 Å². The number of carbonyl (C=O) groups is 1. The zero-order chi connectivity index (χ0) is 13.9. The van der Waals surface area contributed by atoms with E-state index in [0.717, 1.165) is 32.1 Å². The molecule has 0 bridgehead atoms. The summed E-state index contributed by atoms with van der Waals surface area (Å²) in [6.07, 6.45) is 6.39. The summed E-state index contributed by atoms with van der Waals surface area (Å²) in [4.78, 5) is 14.4. The molecule has 0 aromatic heterocycles. The van der Waals surface area contributed by atoms with E-state index >= 15 is 0 Å². The van der Waals surface area contributed by atoms with Crippen LogP contribution in [0.25, 0.3) is 0 Å². The molecule has 0 aromatic carbocycles. The Kier molecular flexibility index (Phi) is 5.29. The minimum atomic E-state index is -3.22. The smallest absolute Gasteiger partial charge is 0.241 e. The van der Waals surface area contributed by atoms with Crippen LogP contribution in [-0.2, 0) is 14.6 Å². The molecule has 1 aliphatic heterocycles. The Morgan fingerprint density at radius 1 is 1.11 bits per heavy atom. The van der Waals surface area contributed by atoms with Gasteiger partial charge < -0.3 is 4.90 Å². The van der Waals surface area contributed by atoms with Gasteiger partial charge in [-0.15, -0.1) is 0 Å². The molecule has 1 saturated carbocycles. The Hall–Kier alpha value is -0.100. The fourth-order valence-corrected chi connectivity index (χ4v) is 5.44. The molecule has 1 saturated heterocycles. The fraction of sp³-hybridized carbons (Fsp3) is 0.923. The van der Waals surface area contributed by atoms with E-state index in [1.54, 1.807) is 0 Å². The monoisotopic (exact) mass is 351 g/mol. The summed E-state index contributed by atoms with van der Waals surface area (Å²) >= 11 is 3.37. The van der Waals surface area contributed by atoms with Gasteiger partial charge in [-0.25, -0.2) is 8.42 Å². The summed E-state index contributed by atoms with van der Waals surface area (Å²) in [5, 5.41) is -0.0666. The van der Waals surface area contributed by atoms with Gasteiger partial charge in [-0.2, -0.15) is 0 Å². The van der Waals surface area contributed by atoms with E-state index in [1.807, 2.05) is 4.90 Å². The van der Waals surface area contributed by atoms with Crippen molar-refractivity contribution in [3.05, 3.63) is 0 Å². The van der Waals surface area contributed by atoms with Crippen LogP contribution in [0.15, 0.2) is 0 Å². The lowest BCUT2D eigenvalue weighted by atomic mass is 10.1. The van der Waals surface area contributed by atoms with Crippen molar-refractivity contribution in [2.24, 2.45) is 0 Å². The Labute approximate surface area is 124 Å². The van der Waals surface area contributed by atoms with Gasteiger partial charge in [0.25, 0.3) is 0 Å². The van der Waals surface area contributed by atoms with E-state index in [0.29, 0.717) is 24.7 Å². The summed E-state index contributed by atoms with van der Waals surface area (Å²) in [7, 11) is -3.22. The normalized spacial score (nSPS) is 27.3. The minimum Gasteiger partial charge on any atom is -0.338 e. The van der Waals surface area contributed by atoms with Crippen LogP contribution in [0.5, 0.6) is 0 Å². The summed E-state index contributed by atoms with van der Waals surface area (Å²) in [5.41, 5.74) is 0. The second kappa shape index (κ2) is 6.57. The van der Waals surface area contributed by atoms with Crippen LogP contribution < -0.4 is 0 Å². The van der Waals surface area contributed by atoms with E-state index in [-0.39, 0.29) is 17.7 Å². The Bertz CT molecular complexity index is 418. The molecule has 1 amide bonds. The third-order valence-electron chi connectivity index (χ3n) is 4.23. The van der Waals surface area contributed by atoms with Crippen LogP contribution in [0, 0.1) is 0 Å². The number of sulfone groups is 1. The topological polar surface area (TPSA) is 54.5 Å². The lowest BCUT2D eigenvalue weighted by Gasteiger charge is -2.33. The van der Waals surface area contributed by atoms with Crippen molar-refractivity contribution in [1.29, 1.82) is 0 Å². The molecule has 6 heteroatoms. The number of nitrogens with zero attached hydrogens (tertiary/aromatic N) is 1. The van der Waals surface area contributed by atoms with Gasteiger partial charge in [-0.1, -0.05) is 35.2 Å². The molecule has 19 heavy (non-hydrogen) atoms. The first kappa shape index (κ1) is 15.3. The second-order valence-corrected chi connectivity index (χ2v) is 8.61. The van der Waals surface area contributed by atoms with Crippen LogP contribution in [0.3, 0.4) is 0 Å². The van der Waals surface area contributed by atoms with Gasteiger partial charge in [0.15, 0.2) is 9.84 Å². The second-order valence-electron chi connectivity index (χ2n) is 5.51. The van der Waals surface area contributed by atoms with Crippen molar-refractivity contribution >= 4 is 31.7 Å². The number of hydrogen-bond donors (Lipinski definition) is 0. The molecule has 1 atom stereocenters. The average molecular weight is 352 g/mol. The van der Waals surface area contributed by atoms with Gasteiger partial charge >= 0.3 is 0 Å². The maximum absolute atomic E-state index is 12.6. The molecule has 0 N–H and O–H groups in total. The first-order chi connectivity index (χ1) is 9.06. The lowest BCUT2D eigenvalue weighted by Crippen LogP contribution is -2.49. The Morgan fingerprint density at radius 3 is 2.32 bits per heavy atom. The molecule has 0 spiro atoms. The SMILES string of the molecule is O=C(C1CCCCS1(=O)=O)N(CCBr)C1CCCC1. The van der Waals surface area contributed by atoms with Crippen LogP contribution in [0.4, 0.5) is 0 Å². The first-order valence-corrected chi connectivity index (χ1v) is 9.98. The Balaban J connectivity index is 2.13. The van der Waals surface area contributed by atoms with Gasteiger partial charge in [0.1, 0.15) is 5.25 Å². The van der Waals surface area contributed by atoms with Crippen molar-refractivity contribution < 1.29 is 13.2 Å². The van der Waals surface area contributed by atoms with Gasteiger partial charge in [0, 0.05) is 17.9 Å². The van der Waals surface area contributed by atoms with Gasteiger partial charge in [0.2, 0.25) is 5.91 Å². The van der Waals surface area contributed by atoms with Crippen molar-refractivity contribution in [2.75, 3.05) is 17.6 Å². The fourth-order valence-electron chi connectivity index (χ4n) is 3.20. The van der Waals surface area contributed by atoms with E-state index < -0.39 is 15.1 Å². The largest absolute Gasteiger partial charge is 0.338 e. The van der Waals surface area contributed by atoms with Crippen molar-refractivity contribution in [3.8, 4) is 0 Å². The number of alkyl halides is 1. The van der Waals surface area contributed by atoms with Crippen molar-refractivity contribution in [2.45, 2.75) is 56.2 Å². The highest BCUT2D eigenvalue weighted by molar-refractivity contribution is 9.09. The Morgan fingerprint density at radius 2 is 1.74 bits per heavy atom. The maximum atomic E-state index is 12.6. The molecule has 2 fully saturated rings. The molecule has 4 nitrogen and oxygen atoms in total. The van der Waals surface area contributed by atoms with Crippen LogP contribution in [0.1, 0.15) is 44.9 Å². The molecule has 1 unspecified atom stereocenters. The molecular formula is C13H22BrNO3S. The van der Waals surface area contributed by atoms with Crippen LogP contribution >= 0.6 is 15.9 Å². The summed E-state index contributed by atoms with van der Waals surface area (Å²) in [6.45, 7) is 0.621. The maximum Gasteiger partial charge on any atom is 0.241 e. The lowest BCUT2D eigenvalue weighted by molar-refractivity contribution is -0.132. The number of carbonyl (C=O) groups excluding carboxylic acids is 1.